The number of rotatable bonds is 3. The molecule has 122 valence electrons. The lowest BCUT2D eigenvalue weighted by molar-refractivity contribution is 1.10. The van der Waals surface area contributed by atoms with Gasteiger partial charge in [-0.3, -0.25) is 0 Å². The molecule has 0 aliphatic carbocycles. The molecule has 0 saturated heterocycles. The molecular formula is C22H18N2S. The summed E-state index contributed by atoms with van der Waals surface area (Å²) < 4.78 is 0. The van der Waals surface area contributed by atoms with Crippen molar-refractivity contribution in [3.8, 4) is 32.3 Å². The normalized spacial score (nSPS) is 10.8. The third-order valence-electron chi connectivity index (χ3n) is 4.32. The van der Waals surface area contributed by atoms with E-state index in [0.29, 0.717) is 0 Å². The lowest BCUT2D eigenvalue weighted by Gasteiger charge is -2.03. The van der Waals surface area contributed by atoms with E-state index in [4.69, 9.17) is 0 Å². The van der Waals surface area contributed by atoms with Gasteiger partial charge in [0.15, 0.2) is 0 Å². The Labute approximate surface area is 151 Å². The minimum atomic E-state index is 0.953. The first-order valence-electron chi connectivity index (χ1n) is 8.28. The lowest BCUT2D eigenvalue weighted by Crippen LogP contribution is -1.81. The van der Waals surface area contributed by atoms with E-state index in [1.54, 1.807) is 11.3 Å². The standard InChI is InChI=1S/C22H18N2S/c1-15-7-9-17(10-8-15)18-11-13-19(14-12-18)21-23-24-22(25-21)20-6-4-3-5-16(20)2/h3-14H,1-2H3. The van der Waals surface area contributed by atoms with Gasteiger partial charge in [-0.15, -0.1) is 10.2 Å². The SMILES string of the molecule is Cc1ccc(-c2ccc(-c3nnc(-c4ccccc4C)s3)cc2)cc1. The summed E-state index contributed by atoms with van der Waals surface area (Å²) >= 11 is 1.63. The molecule has 3 heteroatoms. The Bertz CT molecular complexity index is 999. The second-order valence-corrected chi connectivity index (χ2v) is 7.15. The Hall–Kier alpha value is -2.78. The topological polar surface area (TPSA) is 25.8 Å². The first kappa shape index (κ1) is 15.7. The highest BCUT2D eigenvalue weighted by Gasteiger charge is 2.10. The highest BCUT2D eigenvalue weighted by atomic mass is 32.1. The van der Waals surface area contributed by atoms with Crippen LogP contribution < -0.4 is 0 Å². The predicted molar refractivity (Wildman–Crippen MR) is 106 cm³/mol. The first-order chi connectivity index (χ1) is 12.2. The van der Waals surface area contributed by atoms with E-state index < -0.39 is 0 Å². The Morgan fingerprint density at radius 3 is 1.84 bits per heavy atom. The molecule has 0 atom stereocenters. The van der Waals surface area contributed by atoms with E-state index in [2.05, 4.69) is 84.7 Å². The molecular weight excluding hydrogens is 324 g/mol. The molecule has 1 aromatic heterocycles. The van der Waals surface area contributed by atoms with E-state index in [1.807, 2.05) is 12.1 Å². The molecule has 0 N–H and O–H groups in total. The van der Waals surface area contributed by atoms with Gasteiger partial charge in [0.1, 0.15) is 10.0 Å². The fourth-order valence-corrected chi connectivity index (χ4v) is 3.75. The number of nitrogens with zero attached hydrogens (tertiary/aromatic N) is 2. The van der Waals surface area contributed by atoms with Gasteiger partial charge in [-0.25, -0.2) is 0 Å². The largest absolute Gasteiger partial charge is 0.148 e. The second kappa shape index (κ2) is 6.61. The quantitative estimate of drug-likeness (QED) is 0.446. The van der Waals surface area contributed by atoms with Crippen LogP contribution in [0.1, 0.15) is 11.1 Å². The molecule has 0 unspecified atom stereocenters. The summed E-state index contributed by atoms with van der Waals surface area (Å²) in [6, 6.07) is 25.4. The number of hydrogen-bond donors (Lipinski definition) is 0. The van der Waals surface area contributed by atoms with Crippen LogP contribution in [-0.4, -0.2) is 10.2 Å². The van der Waals surface area contributed by atoms with Gasteiger partial charge < -0.3 is 0 Å². The summed E-state index contributed by atoms with van der Waals surface area (Å²) in [5, 5.41) is 10.7. The maximum Gasteiger partial charge on any atom is 0.148 e. The average molecular weight is 342 g/mol. The van der Waals surface area contributed by atoms with Crippen molar-refractivity contribution in [1.29, 1.82) is 0 Å². The van der Waals surface area contributed by atoms with E-state index in [9.17, 15) is 0 Å². The Kier molecular flexibility index (Phi) is 4.16. The van der Waals surface area contributed by atoms with E-state index in [1.165, 1.54) is 22.3 Å². The minimum Gasteiger partial charge on any atom is -0.138 e. The van der Waals surface area contributed by atoms with Crippen LogP contribution in [-0.2, 0) is 0 Å². The lowest BCUT2D eigenvalue weighted by atomic mass is 10.0. The van der Waals surface area contributed by atoms with Gasteiger partial charge in [-0.2, -0.15) is 0 Å². The van der Waals surface area contributed by atoms with Crippen LogP contribution in [0, 0.1) is 13.8 Å². The molecule has 0 amide bonds. The van der Waals surface area contributed by atoms with Crippen molar-refractivity contribution in [3.05, 3.63) is 83.9 Å². The molecule has 0 saturated carbocycles. The summed E-state index contributed by atoms with van der Waals surface area (Å²) in [4.78, 5) is 0. The highest BCUT2D eigenvalue weighted by Crippen LogP contribution is 2.32. The smallest absolute Gasteiger partial charge is 0.138 e. The molecule has 3 aromatic carbocycles. The highest BCUT2D eigenvalue weighted by molar-refractivity contribution is 7.17. The van der Waals surface area contributed by atoms with Gasteiger partial charge in [0.25, 0.3) is 0 Å². The third-order valence-corrected chi connectivity index (χ3v) is 5.32. The Morgan fingerprint density at radius 1 is 0.600 bits per heavy atom. The minimum absolute atomic E-state index is 0.953. The molecule has 0 bridgehead atoms. The molecule has 0 aliphatic rings. The van der Waals surface area contributed by atoms with E-state index in [0.717, 1.165) is 21.1 Å². The van der Waals surface area contributed by atoms with Crippen LogP contribution in [0.2, 0.25) is 0 Å². The summed E-state index contributed by atoms with van der Waals surface area (Å²) in [7, 11) is 0. The van der Waals surface area contributed by atoms with Crippen molar-refractivity contribution < 1.29 is 0 Å². The molecule has 25 heavy (non-hydrogen) atoms. The van der Waals surface area contributed by atoms with Crippen molar-refractivity contribution in [1.82, 2.24) is 10.2 Å². The number of hydrogen-bond acceptors (Lipinski definition) is 3. The fourth-order valence-electron chi connectivity index (χ4n) is 2.81. The van der Waals surface area contributed by atoms with E-state index in [-0.39, 0.29) is 0 Å². The summed E-state index contributed by atoms with van der Waals surface area (Å²) in [6.07, 6.45) is 0. The van der Waals surface area contributed by atoms with Crippen LogP contribution in [0.5, 0.6) is 0 Å². The monoisotopic (exact) mass is 342 g/mol. The summed E-state index contributed by atoms with van der Waals surface area (Å²) in [5.74, 6) is 0. The van der Waals surface area contributed by atoms with Gasteiger partial charge in [-0.1, -0.05) is 89.7 Å². The fraction of sp³-hybridized carbons (Fsp3) is 0.0909. The summed E-state index contributed by atoms with van der Waals surface area (Å²) in [6.45, 7) is 4.21. The third kappa shape index (κ3) is 3.24. The number of benzene rings is 3. The van der Waals surface area contributed by atoms with E-state index >= 15 is 0 Å². The van der Waals surface area contributed by atoms with Gasteiger partial charge in [0.2, 0.25) is 0 Å². The van der Waals surface area contributed by atoms with Crippen LogP contribution in [0.3, 0.4) is 0 Å². The molecule has 4 aromatic rings. The molecule has 0 spiro atoms. The maximum atomic E-state index is 4.39. The number of aromatic nitrogens is 2. The maximum absolute atomic E-state index is 4.39. The molecule has 1 heterocycles. The van der Waals surface area contributed by atoms with Crippen molar-refractivity contribution in [3.63, 3.8) is 0 Å². The van der Waals surface area contributed by atoms with Gasteiger partial charge in [0.05, 0.1) is 0 Å². The van der Waals surface area contributed by atoms with Crippen molar-refractivity contribution in [2.75, 3.05) is 0 Å². The van der Waals surface area contributed by atoms with Crippen molar-refractivity contribution >= 4 is 11.3 Å². The zero-order chi connectivity index (χ0) is 17.2. The molecule has 0 radical (unpaired) electrons. The van der Waals surface area contributed by atoms with Crippen LogP contribution >= 0.6 is 11.3 Å². The Balaban J connectivity index is 1.63. The van der Waals surface area contributed by atoms with Crippen LogP contribution in [0.15, 0.2) is 72.8 Å². The predicted octanol–water partition coefficient (Wildman–Crippen LogP) is 6.16. The Morgan fingerprint density at radius 2 is 1.16 bits per heavy atom. The van der Waals surface area contributed by atoms with Gasteiger partial charge in [-0.05, 0) is 30.5 Å². The molecule has 0 aliphatic heterocycles. The number of aryl methyl sites for hydroxylation is 2. The zero-order valence-electron chi connectivity index (χ0n) is 14.2. The van der Waals surface area contributed by atoms with Gasteiger partial charge >= 0.3 is 0 Å². The van der Waals surface area contributed by atoms with Gasteiger partial charge in [0, 0.05) is 11.1 Å². The molecule has 0 fully saturated rings. The van der Waals surface area contributed by atoms with Crippen LogP contribution in [0.25, 0.3) is 32.3 Å². The zero-order valence-corrected chi connectivity index (χ0v) is 15.0. The molecule has 4 rings (SSSR count). The second-order valence-electron chi connectivity index (χ2n) is 6.17. The summed E-state index contributed by atoms with van der Waals surface area (Å²) in [5.41, 5.74) is 7.20. The first-order valence-corrected chi connectivity index (χ1v) is 9.09. The van der Waals surface area contributed by atoms with Crippen molar-refractivity contribution in [2.24, 2.45) is 0 Å². The average Bonchev–Trinajstić information content (AvgIpc) is 3.13. The van der Waals surface area contributed by atoms with Crippen molar-refractivity contribution in [2.45, 2.75) is 13.8 Å². The molecule has 2 nitrogen and oxygen atoms in total. The van der Waals surface area contributed by atoms with Crippen LogP contribution in [0.4, 0.5) is 0 Å².